The molecule has 0 bridgehead atoms. The molecule has 0 unspecified atom stereocenters. The maximum absolute atomic E-state index is 12.7. The molecule has 0 aliphatic carbocycles. The van der Waals surface area contributed by atoms with Gasteiger partial charge in [-0.2, -0.15) is 0 Å². The third kappa shape index (κ3) is 16.1. The lowest BCUT2D eigenvalue weighted by Gasteiger charge is -2.20. The third-order valence-electron chi connectivity index (χ3n) is 7.36. The van der Waals surface area contributed by atoms with E-state index in [2.05, 4.69) is 48.1 Å². The van der Waals surface area contributed by atoms with Crippen molar-refractivity contribution >= 4 is 11.8 Å². The predicted molar refractivity (Wildman–Crippen MR) is 162 cm³/mol. The number of benzene rings is 1. The monoisotopic (exact) mass is 530 g/mol. The fourth-order valence-corrected chi connectivity index (χ4v) is 4.75. The summed E-state index contributed by atoms with van der Waals surface area (Å²) < 4.78 is 0. The number of carbonyl (C=O) groups is 2. The van der Waals surface area contributed by atoms with Crippen LogP contribution in [0.4, 0.5) is 0 Å². The molecule has 0 aliphatic heterocycles. The number of likely N-dealkylation sites (N-methyl/N-ethyl adjacent to an activating group) is 2. The molecule has 0 atom stereocenters. The van der Waals surface area contributed by atoms with Gasteiger partial charge in [-0.3, -0.25) is 9.59 Å². The second kappa shape index (κ2) is 23.0. The molecule has 0 fully saturated rings. The molecule has 38 heavy (non-hydrogen) atoms. The van der Waals surface area contributed by atoms with E-state index in [1.54, 1.807) is 24.3 Å². The number of rotatable bonds is 24. The predicted octanol–water partition coefficient (Wildman–Crippen LogP) is 6.51. The van der Waals surface area contributed by atoms with Crippen molar-refractivity contribution in [3.63, 3.8) is 0 Å². The lowest BCUT2D eigenvalue weighted by atomic mass is 10.1. The largest absolute Gasteiger partial charge is 0.351 e. The summed E-state index contributed by atoms with van der Waals surface area (Å²) in [7, 11) is 0. The first-order valence-electron chi connectivity index (χ1n) is 15.7. The Morgan fingerprint density at radius 3 is 1.37 bits per heavy atom. The second-order valence-corrected chi connectivity index (χ2v) is 10.5. The molecule has 0 heterocycles. The second-order valence-electron chi connectivity index (χ2n) is 10.5. The van der Waals surface area contributed by atoms with Crippen LogP contribution in [-0.4, -0.2) is 74.0 Å². The van der Waals surface area contributed by atoms with Crippen molar-refractivity contribution in [3.8, 4) is 0 Å². The molecule has 2 N–H and O–H groups in total. The summed E-state index contributed by atoms with van der Waals surface area (Å²) in [5.41, 5.74) is 1.07. The fourth-order valence-electron chi connectivity index (χ4n) is 4.75. The number of nitrogens with zero attached hydrogens (tertiary/aromatic N) is 2. The van der Waals surface area contributed by atoms with E-state index in [9.17, 15) is 9.59 Å². The van der Waals surface area contributed by atoms with Crippen molar-refractivity contribution in [1.82, 2.24) is 20.4 Å². The highest BCUT2D eigenvalue weighted by Gasteiger charge is 2.11. The normalized spacial score (nSPS) is 11.3. The van der Waals surface area contributed by atoms with E-state index in [1.807, 2.05) is 0 Å². The fraction of sp³-hybridized carbons (Fsp3) is 0.750. The summed E-state index contributed by atoms with van der Waals surface area (Å²) in [6, 6.07) is 7.04. The van der Waals surface area contributed by atoms with Crippen molar-refractivity contribution in [2.75, 3.05) is 52.4 Å². The van der Waals surface area contributed by atoms with Crippen molar-refractivity contribution in [1.29, 1.82) is 0 Å². The number of hydrogen-bond acceptors (Lipinski definition) is 4. The summed E-state index contributed by atoms with van der Waals surface area (Å²) in [6.07, 6.45) is 15.6. The van der Waals surface area contributed by atoms with E-state index in [0.29, 0.717) is 24.2 Å². The summed E-state index contributed by atoms with van der Waals surface area (Å²) in [5.74, 6) is -0.238. The number of carbonyl (C=O) groups excluding carboxylic acids is 2. The Labute approximate surface area is 234 Å². The van der Waals surface area contributed by atoms with Crippen molar-refractivity contribution < 1.29 is 9.59 Å². The standard InChI is InChI=1S/C32H58N4O2/c1-5-9-11-13-15-17-24-35(7-3)26-22-33-31(37)29-20-19-21-30(28-29)32(38)34-23-27-36(8-4)25-18-16-14-12-10-6-2/h19-21,28H,5-18,22-27H2,1-4H3,(H,33,37)(H,34,38). The molecule has 2 amide bonds. The molecular weight excluding hydrogens is 472 g/mol. The van der Waals surface area contributed by atoms with Crippen molar-refractivity contribution in [3.05, 3.63) is 35.4 Å². The van der Waals surface area contributed by atoms with E-state index in [0.717, 1.165) is 39.3 Å². The maximum atomic E-state index is 12.7. The number of nitrogens with one attached hydrogen (secondary N) is 2. The average Bonchev–Trinajstić information content (AvgIpc) is 2.94. The third-order valence-corrected chi connectivity index (χ3v) is 7.36. The van der Waals surface area contributed by atoms with Crippen LogP contribution in [0.5, 0.6) is 0 Å². The van der Waals surface area contributed by atoms with Crippen LogP contribution in [0.3, 0.4) is 0 Å². The van der Waals surface area contributed by atoms with Gasteiger partial charge in [0, 0.05) is 37.3 Å². The van der Waals surface area contributed by atoms with E-state index < -0.39 is 0 Å². The molecule has 0 saturated heterocycles. The smallest absolute Gasteiger partial charge is 0.251 e. The van der Waals surface area contributed by atoms with Gasteiger partial charge in [-0.1, -0.05) is 98.0 Å². The van der Waals surface area contributed by atoms with Crippen LogP contribution in [0.1, 0.15) is 125 Å². The molecule has 0 spiro atoms. The Balaban J connectivity index is 2.34. The molecular formula is C32H58N4O2. The molecule has 0 saturated carbocycles. The van der Waals surface area contributed by atoms with E-state index in [1.165, 1.54) is 77.0 Å². The highest BCUT2D eigenvalue weighted by atomic mass is 16.2. The van der Waals surface area contributed by atoms with E-state index in [-0.39, 0.29) is 11.8 Å². The zero-order valence-corrected chi connectivity index (χ0v) is 25.2. The average molecular weight is 531 g/mol. The van der Waals surface area contributed by atoms with Gasteiger partial charge in [0.1, 0.15) is 0 Å². The first-order valence-corrected chi connectivity index (χ1v) is 15.7. The van der Waals surface area contributed by atoms with Gasteiger partial charge in [0.25, 0.3) is 11.8 Å². The van der Waals surface area contributed by atoms with Crippen LogP contribution in [0.25, 0.3) is 0 Å². The molecule has 0 radical (unpaired) electrons. The topological polar surface area (TPSA) is 64.7 Å². The Morgan fingerprint density at radius 1 is 0.579 bits per heavy atom. The number of hydrogen-bond donors (Lipinski definition) is 2. The molecule has 1 rings (SSSR count). The quantitative estimate of drug-likeness (QED) is 0.150. The van der Waals surface area contributed by atoms with Gasteiger partial charge < -0.3 is 20.4 Å². The lowest BCUT2D eigenvalue weighted by Crippen LogP contribution is -2.36. The van der Waals surface area contributed by atoms with Gasteiger partial charge in [-0.25, -0.2) is 0 Å². The van der Waals surface area contributed by atoms with Gasteiger partial charge in [0.05, 0.1) is 0 Å². The van der Waals surface area contributed by atoms with E-state index in [4.69, 9.17) is 0 Å². The van der Waals surface area contributed by atoms with Crippen molar-refractivity contribution in [2.24, 2.45) is 0 Å². The molecule has 0 aliphatic rings. The van der Waals surface area contributed by atoms with Crippen LogP contribution >= 0.6 is 0 Å². The Hall–Kier alpha value is -1.92. The molecule has 0 aromatic heterocycles. The Kier molecular flexibility index (Phi) is 20.7. The minimum absolute atomic E-state index is 0.119. The summed E-state index contributed by atoms with van der Waals surface area (Å²) >= 11 is 0. The van der Waals surface area contributed by atoms with Crippen LogP contribution < -0.4 is 10.6 Å². The molecule has 1 aromatic rings. The SMILES string of the molecule is CCCCCCCCN(CC)CCNC(=O)c1cccc(C(=O)NCCN(CC)CCCCCCCC)c1. The van der Waals surface area contributed by atoms with Gasteiger partial charge >= 0.3 is 0 Å². The Morgan fingerprint density at radius 2 is 0.974 bits per heavy atom. The zero-order valence-electron chi connectivity index (χ0n) is 25.2. The minimum Gasteiger partial charge on any atom is -0.351 e. The van der Waals surface area contributed by atoms with Gasteiger partial charge in [0.15, 0.2) is 0 Å². The van der Waals surface area contributed by atoms with Gasteiger partial charge in [0.2, 0.25) is 0 Å². The number of unbranched alkanes of at least 4 members (excludes halogenated alkanes) is 10. The van der Waals surface area contributed by atoms with E-state index >= 15 is 0 Å². The van der Waals surface area contributed by atoms with Crippen molar-refractivity contribution in [2.45, 2.75) is 105 Å². The summed E-state index contributed by atoms with van der Waals surface area (Å²) in [5, 5.41) is 6.06. The summed E-state index contributed by atoms with van der Waals surface area (Å²) in [4.78, 5) is 30.2. The first kappa shape index (κ1) is 34.1. The van der Waals surface area contributed by atoms with Gasteiger partial charge in [-0.15, -0.1) is 0 Å². The molecule has 218 valence electrons. The summed E-state index contributed by atoms with van der Waals surface area (Å²) in [6.45, 7) is 15.9. The van der Waals surface area contributed by atoms with Crippen LogP contribution in [0.2, 0.25) is 0 Å². The molecule has 1 aromatic carbocycles. The highest BCUT2D eigenvalue weighted by Crippen LogP contribution is 2.08. The van der Waals surface area contributed by atoms with Gasteiger partial charge in [-0.05, 0) is 57.2 Å². The zero-order chi connectivity index (χ0) is 27.8. The molecule has 6 heteroatoms. The first-order chi connectivity index (χ1) is 18.5. The maximum Gasteiger partial charge on any atom is 0.251 e. The van der Waals surface area contributed by atoms with Crippen LogP contribution in [0, 0.1) is 0 Å². The lowest BCUT2D eigenvalue weighted by molar-refractivity contribution is 0.0947. The van der Waals surface area contributed by atoms with Crippen LogP contribution in [0.15, 0.2) is 24.3 Å². The van der Waals surface area contributed by atoms with Crippen LogP contribution in [-0.2, 0) is 0 Å². The highest BCUT2D eigenvalue weighted by molar-refractivity contribution is 5.99. The minimum atomic E-state index is -0.119. The molecule has 6 nitrogen and oxygen atoms in total. The Bertz CT molecular complexity index is 683. The number of amides is 2.